The number of rotatable bonds is 5. The van der Waals surface area contributed by atoms with Crippen LogP contribution < -0.4 is 5.32 Å². The highest BCUT2D eigenvalue weighted by molar-refractivity contribution is 7.13. The Morgan fingerprint density at radius 1 is 1.19 bits per heavy atom. The Balaban J connectivity index is 1.20. The number of carbonyl (C=O) groups is 1. The van der Waals surface area contributed by atoms with Crippen molar-refractivity contribution < 1.29 is 4.79 Å². The molecule has 1 fully saturated rings. The fourth-order valence-electron chi connectivity index (χ4n) is 5.34. The summed E-state index contributed by atoms with van der Waals surface area (Å²) in [6, 6.07) is 16.8. The summed E-state index contributed by atoms with van der Waals surface area (Å²) in [5, 5.41) is 3.22. The number of hydrogen-bond acceptors (Lipinski definition) is 4. The molecule has 1 saturated carbocycles. The van der Waals surface area contributed by atoms with E-state index in [1.165, 1.54) is 24.0 Å². The van der Waals surface area contributed by atoms with E-state index < -0.39 is 0 Å². The predicted molar refractivity (Wildman–Crippen MR) is 123 cm³/mol. The van der Waals surface area contributed by atoms with E-state index in [0.717, 1.165) is 39.9 Å². The van der Waals surface area contributed by atoms with Crippen LogP contribution in [-0.4, -0.2) is 27.0 Å². The zero-order valence-corrected chi connectivity index (χ0v) is 18.2. The van der Waals surface area contributed by atoms with E-state index in [4.69, 9.17) is 4.98 Å². The van der Waals surface area contributed by atoms with Crippen LogP contribution in [0.2, 0.25) is 0 Å². The van der Waals surface area contributed by atoms with Crippen LogP contribution in [0.3, 0.4) is 0 Å². The van der Waals surface area contributed by atoms with Gasteiger partial charge < -0.3 is 9.88 Å². The van der Waals surface area contributed by atoms with Crippen molar-refractivity contribution in [1.29, 1.82) is 0 Å². The van der Waals surface area contributed by atoms with Crippen molar-refractivity contribution in [2.75, 3.05) is 6.54 Å². The fraction of sp³-hybridized carbons (Fsp3) is 0.320. The number of aromatic nitrogens is 3. The van der Waals surface area contributed by atoms with Crippen molar-refractivity contribution in [3.63, 3.8) is 0 Å². The first-order valence-corrected chi connectivity index (χ1v) is 11.8. The van der Waals surface area contributed by atoms with Gasteiger partial charge >= 0.3 is 0 Å². The molecule has 2 aliphatic rings. The maximum absolute atomic E-state index is 13.0. The predicted octanol–water partition coefficient (Wildman–Crippen LogP) is 4.56. The van der Waals surface area contributed by atoms with E-state index in [2.05, 4.69) is 34.6 Å². The third-order valence-electron chi connectivity index (χ3n) is 6.93. The van der Waals surface area contributed by atoms with Gasteiger partial charge in [0, 0.05) is 6.54 Å². The first-order chi connectivity index (χ1) is 15.2. The molecule has 3 unspecified atom stereocenters. The number of amides is 1. The number of benzene rings is 2. The van der Waals surface area contributed by atoms with Crippen LogP contribution in [0.1, 0.15) is 29.2 Å². The summed E-state index contributed by atoms with van der Waals surface area (Å²) in [7, 11) is 0. The Hall–Kier alpha value is -2.99. The van der Waals surface area contributed by atoms with Crippen molar-refractivity contribution in [2.45, 2.75) is 32.2 Å². The van der Waals surface area contributed by atoms with Crippen LogP contribution in [0.15, 0.2) is 54.0 Å². The Kier molecular flexibility index (Phi) is 4.42. The molecule has 6 rings (SSSR count). The second-order valence-electron chi connectivity index (χ2n) is 8.67. The lowest BCUT2D eigenvalue weighted by Crippen LogP contribution is -2.30. The molecule has 0 bridgehead atoms. The van der Waals surface area contributed by atoms with Crippen molar-refractivity contribution in [1.82, 2.24) is 19.9 Å². The van der Waals surface area contributed by atoms with Crippen LogP contribution in [0, 0.1) is 18.8 Å². The Labute approximate surface area is 185 Å². The summed E-state index contributed by atoms with van der Waals surface area (Å²) < 4.78 is 2.03. The standard InChI is InChI=1S/C25H24N4OS/c1-15-24(31-14-27-15)25-28-20-8-4-5-9-21(20)29(25)13-22(30)26-12-19-18-11-10-16-6-2-3-7-17(16)23(18)19/h2-9,14,18-19,23H,10-13H2,1H3,(H,26,30). The quantitative estimate of drug-likeness (QED) is 0.507. The summed E-state index contributed by atoms with van der Waals surface area (Å²) in [6.45, 7) is 3.01. The Morgan fingerprint density at radius 3 is 2.90 bits per heavy atom. The van der Waals surface area contributed by atoms with Gasteiger partial charge in [0.25, 0.3) is 0 Å². The van der Waals surface area contributed by atoms with Crippen LogP contribution in [0.4, 0.5) is 0 Å². The van der Waals surface area contributed by atoms with Gasteiger partial charge in [-0.3, -0.25) is 4.79 Å². The lowest BCUT2D eigenvalue weighted by molar-refractivity contribution is -0.121. The molecule has 4 aromatic rings. The molecule has 2 aromatic carbocycles. The van der Waals surface area contributed by atoms with Crippen LogP contribution >= 0.6 is 11.3 Å². The zero-order chi connectivity index (χ0) is 20.9. The largest absolute Gasteiger partial charge is 0.354 e. The van der Waals surface area contributed by atoms with Gasteiger partial charge in [0.2, 0.25) is 5.91 Å². The molecule has 1 N–H and O–H groups in total. The minimum Gasteiger partial charge on any atom is -0.354 e. The molecule has 2 aromatic heterocycles. The lowest BCUT2D eigenvalue weighted by atomic mass is 9.92. The molecule has 1 amide bonds. The average Bonchev–Trinajstić information content (AvgIpc) is 3.17. The molecule has 0 spiro atoms. The summed E-state index contributed by atoms with van der Waals surface area (Å²) >= 11 is 1.57. The number of hydrogen-bond donors (Lipinski definition) is 1. The number of carbonyl (C=O) groups excluding carboxylic acids is 1. The molecule has 156 valence electrons. The van der Waals surface area contributed by atoms with Crippen molar-refractivity contribution in [3.8, 4) is 10.7 Å². The molecule has 3 atom stereocenters. The maximum Gasteiger partial charge on any atom is 0.240 e. The summed E-state index contributed by atoms with van der Waals surface area (Å²) in [5.74, 6) is 2.78. The van der Waals surface area contributed by atoms with Gasteiger partial charge in [0.15, 0.2) is 5.82 Å². The molecular formula is C25H24N4OS. The summed E-state index contributed by atoms with van der Waals surface area (Å²) in [6.07, 6.45) is 2.41. The smallest absolute Gasteiger partial charge is 0.240 e. The third-order valence-corrected chi connectivity index (χ3v) is 7.86. The first-order valence-electron chi connectivity index (χ1n) is 10.9. The van der Waals surface area contributed by atoms with E-state index in [-0.39, 0.29) is 12.5 Å². The van der Waals surface area contributed by atoms with E-state index in [1.54, 1.807) is 11.3 Å². The summed E-state index contributed by atoms with van der Waals surface area (Å²) in [5.41, 5.74) is 7.66. The molecule has 2 aliphatic carbocycles. The number of imidazole rings is 1. The zero-order valence-electron chi connectivity index (χ0n) is 17.4. The lowest BCUT2D eigenvalue weighted by Gasteiger charge is -2.13. The minimum absolute atomic E-state index is 0.0449. The van der Waals surface area contributed by atoms with E-state index >= 15 is 0 Å². The van der Waals surface area contributed by atoms with Gasteiger partial charge in [0.1, 0.15) is 6.54 Å². The van der Waals surface area contributed by atoms with Gasteiger partial charge in [0.05, 0.1) is 27.1 Å². The molecular weight excluding hydrogens is 404 g/mol. The van der Waals surface area contributed by atoms with Crippen molar-refractivity contribution >= 4 is 28.3 Å². The second kappa shape index (κ2) is 7.31. The molecule has 0 aliphatic heterocycles. The number of thiazole rings is 1. The first kappa shape index (κ1) is 18.8. The molecule has 31 heavy (non-hydrogen) atoms. The normalized spacial score (nSPS) is 21.5. The Bertz CT molecular complexity index is 1290. The monoisotopic (exact) mass is 428 g/mol. The van der Waals surface area contributed by atoms with Crippen molar-refractivity contribution in [3.05, 3.63) is 70.9 Å². The number of aryl methyl sites for hydroxylation is 2. The highest BCUT2D eigenvalue weighted by Gasteiger charge is 2.52. The maximum atomic E-state index is 13.0. The molecule has 6 heteroatoms. The van der Waals surface area contributed by atoms with Crippen LogP contribution in [-0.2, 0) is 17.8 Å². The molecule has 2 heterocycles. The number of para-hydroxylation sites is 2. The van der Waals surface area contributed by atoms with Gasteiger partial charge in [-0.15, -0.1) is 11.3 Å². The summed E-state index contributed by atoms with van der Waals surface area (Å²) in [4.78, 5) is 23.2. The highest BCUT2D eigenvalue weighted by atomic mass is 32.1. The number of nitrogens with one attached hydrogen (secondary N) is 1. The SMILES string of the molecule is Cc1ncsc1-c1nc2ccccc2n1CC(=O)NCC1C2CCc3ccccc3C21. The van der Waals surface area contributed by atoms with Gasteiger partial charge in [-0.05, 0) is 60.8 Å². The van der Waals surface area contributed by atoms with E-state index in [1.807, 2.05) is 41.3 Å². The van der Waals surface area contributed by atoms with Crippen LogP contribution in [0.25, 0.3) is 21.7 Å². The van der Waals surface area contributed by atoms with Gasteiger partial charge in [-0.2, -0.15) is 0 Å². The van der Waals surface area contributed by atoms with E-state index in [0.29, 0.717) is 11.8 Å². The van der Waals surface area contributed by atoms with E-state index in [9.17, 15) is 4.79 Å². The average molecular weight is 429 g/mol. The molecule has 0 saturated heterocycles. The number of nitrogens with zero attached hydrogens (tertiary/aromatic N) is 3. The molecule has 5 nitrogen and oxygen atoms in total. The minimum atomic E-state index is 0.0449. The topological polar surface area (TPSA) is 59.8 Å². The highest BCUT2D eigenvalue weighted by Crippen LogP contribution is 2.59. The van der Waals surface area contributed by atoms with Crippen LogP contribution in [0.5, 0.6) is 0 Å². The van der Waals surface area contributed by atoms with Crippen molar-refractivity contribution in [2.24, 2.45) is 11.8 Å². The number of fused-ring (bicyclic) bond motifs is 4. The second-order valence-corrected chi connectivity index (χ2v) is 9.53. The van der Waals surface area contributed by atoms with Gasteiger partial charge in [-0.1, -0.05) is 36.4 Å². The molecule has 0 radical (unpaired) electrons. The fourth-order valence-corrected chi connectivity index (χ4v) is 6.14. The van der Waals surface area contributed by atoms with Gasteiger partial charge in [-0.25, -0.2) is 9.97 Å². The Morgan fingerprint density at radius 2 is 2.03 bits per heavy atom. The third kappa shape index (κ3) is 3.17.